The summed E-state index contributed by atoms with van der Waals surface area (Å²) in [6.07, 6.45) is 3.63. The van der Waals surface area contributed by atoms with E-state index in [-0.39, 0.29) is 5.97 Å². The van der Waals surface area contributed by atoms with E-state index in [1.807, 2.05) is 13.0 Å². The summed E-state index contributed by atoms with van der Waals surface area (Å²) in [5.74, 6) is 0.467. The van der Waals surface area contributed by atoms with Crippen molar-refractivity contribution in [2.75, 3.05) is 25.5 Å². The van der Waals surface area contributed by atoms with Crippen LogP contribution in [0.3, 0.4) is 0 Å². The third-order valence-electron chi connectivity index (χ3n) is 3.45. The predicted molar refractivity (Wildman–Crippen MR) is 74.4 cm³/mol. The van der Waals surface area contributed by atoms with Crippen LogP contribution in [0.1, 0.15) is 35.3 Å². The minimum atomic E-state index is -0.341. The summed E-state index contributed by atoms with van der Waals surface area (Å²) >= 11 is 0. The molecular weight excluding hydrogens is 242 g/mol. The maximum atomic E-state index is 11.4. The molecule has 1 aromatic rings. The molecule has 5 nitrogen and oxygen atoms in total. The number of aryl methyl sites for hydroxylation is 1. The first-order chi connectivity index (χ1) is 9.20. The third-order valence-corrected chi connectivity index (χ3v) is 3.45. The molecule has 19 heavy (non-hydrogen) atoms. The number of esters is 1. The van der Waals surface area contributed by atoms with Gasteiger partial charge in [0.05, 0.1) is 18.4 Å². The van der Waals surface area contributed by atoms with Gasteiger partial charge in [0.25, 0.3) is 0 Å². The molecular formula is C14H21N3O2. The van der Waals surface area contributed by atoms with Crippen molar-refractivity contribution in [3.8, 4) is 0 Å². The molecule has 5 heteroatoms. The zero-order chi connectivity index (χ0) is 13.7. The molecule has 0 radical (unpaired) electrons. The molecule has 0 amide bonds. The Morgan fingerprint density at radius 1 is 1.58 bits per heavy atom. The second-order valence-corrected chi connectivity index (χ2v) is 4.83. The van der Waals surface area contributed by atoms with Crippen LogP contribution < -0.4 is 10.6 Å². The Kier molecular flexibility index (Phi) is 4.74. The van der Waals surface area contributed by atoms with Gasteiger partial charge >= 0.3 is 5.97 Å². The summed E-state index contributed by atoms with van der Waals surface area (Å²) in [5.41, 5.74) is 1.21. The third kappa shape index (κ3) is 3.67. The highest BCUT2D eigenvalue weighted by molar-refractivity contribution is 5.90. The number of nitrogens with zero attached hydrogens (tertiary/aromatic N) is 1. The van der Waals surface area contributed by atoms with E-state index in [4.69, 9.17) is 4.74 Å². The first-order valence-electron chi connectivity index (χ1n) is 6.74. The van der Waals surface area contributed by atoms with Crippen LogP contribution in [0.15, 0.2) is 12.1 Å². The molecule has 1 aromatic heterocycles. The highest BCUT2D eigenvalue weighted by Gasteiger charge is 2.13. The number of nitrogens with one attached hydrogen (secondary N) is 2. The average molecular weight is 263 g/mol. The number of carbonyl (C=O) groups excluding carboxylic acids is 1. The van der Waals surface area contributed by atoms with E-state index in [9.17, 15) is 4.79 Å². The lowest BCUT2D eigenvalue weighted by Crippen LogP contribution is -2.24. The molecule has 2 N–H and O–H groups in total. The van der Waals surface area contributed by atoms with Crippen LogP contribution in [0, 0.1) is 6.92 Å². The van der Waals surface area contributed by atoms with Gasteiger partial charge in [-0.3, -0.25) is 0 Å². The molecule has 0 aliphatic carbocycles. The largest absolute Gasteiger partial charge is 0.465 e. The molecule has 1 aliphatic heterocycles. The van der Waals surface area contributed by atoms with Gasteiger partial charge in [0.15, 0.2) is 0 Å². The minimum Gasteiger partial charge on any atom is -0.465 e. The number of carbonyl (C=O) groups is 1. The molecule has 0 saturated carbocycles. The van der Waals surface area contributed by atoms with Crippen LogP contribution in [-0.2, 0) is 4.74 Å². The van der Waals surface area contributed by atoms with Gasteiger partial charge in [-0.2, -0.15) is 0 Å². The van der Waals surface area contributed by atoms with Crippen LogP contribution in [0.25, 0.3) is 0 Å². The average Bonchev–Trinajstić information content (AvgIpc) is 2.91. The Morgan fingerprint density at radius 3 is 3.05 bits per heavy atom. The van der Waals surface area contributed by atoms with Crippen molar-refractivity contribution in [2.24, 2.45) is 0 Å². The highest BCUT2D eigenvalue weighted by atomic mass is 16.5. The van der Waals surface area contributed by atoms with Gasteiger partial charge in [-0.25, -0.2) is 9.78 Å². The van der Waals surface area contributed by atoms with Gasteiger partial charge in [0.2, 0.25) is 0 Å². The topological polar surface area (TPSA) is 63.2 Å². The number of anilines is 1. The molecule has 0 aromatic carbocycles. The molecule has 1 unspecified atom stereocenters. The van der Waals surface area contributed by atoms with Gasteiger partial charge in [-0.1, -0.05) is 0 Å². The van der Waals surface area contributed by atoms with Crippen LogP contribution in [-0.4, -0.2) is 37.2 Å². The van der Waals surface area contributed by atoms with Gasteiger partial charge < -0.3 is 15.4 Å². The van der Waals surface area contributed by atoms with Crippen molar-refractivity contribution in [3.63, 3.8) is 0 Å². The second kappa shape index (κ2) is 6.52. The van der Waals surface area contributed by atoms with E-state index in [1.165, 1.54) is 20.0 Å². The summed E-state index contributed by atoms with van der Waals surface area (Å²) < 4.78 is 4.70. The molecule has 0 bridgehead atoms. The quantitative estimate of drug-likeness (QED) is 0.792. The number of rotatable bonds is 5. The number of hydrogen-bond donors (Lipinski definition) is 2. The van der Waals surface area contributed by atoms with Crippen molar-refractivity contribution >= 4 is 11.8 Å². The van der Waals surface area contributed by atoms with Gasteiger partial charge in [0.1, 0.15) is 5.82 Å². The molecule has 1 fully saturated rings. The smallest absolute Gasteiger partial charge is 0.339 e. The summed E-state index contributed by atoms with van der Waals surface area (Å²) in [7, 11) is 1.38. The van der Waals surface area contributed by atoms with Crippen LogP contribution >= 0.6 is 0 Å². The van der Waals surface area contributed by atoms with Crippen molar-refractivity contribution in [3.05, 3.63) is 23.4 Å². The molecule has 2 heterocycles. The lowest BCUT2D eigenvalue weighted by Gasteiger charge is -2.12. The lowest BCUT2D eigenvalue weighted by atomic mass is 10.1. The SMILES string of the molecule is COC(=O)c1ccc(NCCC2CCCN2)nc1C. The maximum Gasteiger partial charge on any atom is 0.339 e. The van der Waals surface area contributed by atoms with Crippen LogP contribution in [0.5, 0.6) is 0 Å². The molecule has 104 valence electrons. The van der Waals surface area contributed by atoms with E-state index in [0.717, 1.165) is 25.3 Å². The maximum absolute atomic E-state index is 11.4. The monoisotopic (exact) mass is 263 g/mol. The minimum absolute atomic E-state index is 0.341. The zero-order valence-corrected chi connectivity index (χ0v) is 11.5. The number of hydrogen-bond acceptors (Lipinski definition) is 5. The van der Waals surface area contributed by atoms with Gasteiger partial charge in [-0.15, -0.1) is 0 Å². The van der Waals surface area contributed by atoms with E-state index < -0.39 is 0 Å². The highest BCUT2D eigenvalue weighted by Crippen LogP contribution is 2.13. The van der Waals surface area contributed by atoms with Crippen LogP contribution in [0.4, 0.5) is 5.82 Å². The summed E-state index contributed by atoms with van der Waals surface area (Å²) in [6.45, 7) is 3.84. The zero-order valence-electron chi connectivity index (χ0n) is 11.5. The van der Waals surface area contributed by atoms with Crippen molar-refractivity contribution in [1.29, 1.82) is 0 Å². The summed E-state index contributed by atoms with van der Waals surface area (Å²) in [6, 6.07) is 4.20. The number of methoxy groups -OCH3 is 1. The normalized spacial score (nSPS) is 18.3. The van der Waals surface area contributed by atoms with Crippen molar-refractivity contribution in [2.45, 2.75) is 32.2 Å². The first kappa shape index (κ1) is 13.8. The summed E-state index contributed by atoms with van der Waals surface area (Å²) in [5, 5.41) is 6.76. The standard InChI is InChI=1S/C14H21N3O2/c1-10-12(14(18)19-2)5-6-13(17-10)16-9-7-11-4-3-8-15-11/h5-6,11,15H,3-4,7-9H2,1-2H3,(H,16,17). The van der Waals surface area contributed by atoms with E-state index in [0.29, 0.717) is 17.3 Å². The fourth-order valence-electron chi connectivity index (χ4n) is 2.36. The number of ether oxygens (including phenoxy) is 1. The Morgan fingerprint density at radius 2 is 2.42 bits per heavy atom. The fraction of sp³-hybridized carbons (Fsp3) is 0.571. The molecule has 1 saturated heterocycles. The Bertz CT molecular complexity index is 442. The van der Waals surface area contributed by atoms with Gasteiger partial charge in [-0.05, 0) is 44.9 Å². The Balaban J connectivity index is 1.87. The Labute approximate surface area is 113 Å². The summed E-state index contributed by atoms with van der Waals surface area (Å²) in [4.78, 5) is 15.8. The van der Waals surface area contributed by atoms with E-state index in [1.54, 1.807) is 6.07 Å². The predicted octanol–water partition coefficient (Wildman–Crippen LogP) is 1.73. The molecule has 1 aliphatic rings. The Hall–Kier alpha value is -1.62. The van der Waals surface area contributed by atoms with E-state index in [2.05, 4.69) is 15.6 Å². The second-order valence-electron chi connectivity index (χ2n) is 4.83. The number of aromatic nitrogens is 1. The van der Waals surface area contributed by atoms with Crippen LogP contribution in [0.2, 0.25) is 0 Å². The van der Waals surface area contributed by atoms with Crippen molar-refractivity contribution in [1.82, 2.24) is 10.3 Å². The van der Waals surface area contributed by atoms with Gasteiger partial charge in [0, 0.05) is 12.6 Å². The fourth-order valence-corrected chi connectivity index (χ4v) is 2.36. The lowest BCUT2D eigenvalue weighted by molar-refractivity contribution is 0.0599. The molecule has 0 spiro atoms. The molecule has 2 rings (SSSR count). The number of pyridine rings is 1. The molecule has 1 atom stereocenters. The van der Waals surface area contributed by atoms with Crippen molar-refractivity contribution < 1.29 is 9.53 Å². The first-order valence-corrected chi connectivity index (χ1v) is 6.74. The van der Waals surface area contributed by atoms with E-state index >= 15 is 0 Å².